The lowest BCUT2D eigenvalue weighted by Crippen LogP contribution is -2.33. The molecule has 22 nitrogen and oxygen atoms in total. The minimum absolute atomic E-state index is 0.0428. The first kappa shape index (κ1) is 48.2. The number of rotatable bonds is 14. The average Bonchev–Trinajstić information content (AvgIpc) is 4.24. The summed E-state index contributed by atoms with van der Waals surface area (Å²) in [5, 5.41) is 47.7. The zero-order valence-electron chi connectivity index (χ0n) is 39.8. The van der Waals surface area contributed by atoms with E-state index >= 15 is 0 Å². The van der Waals surface area contributed by atoms with Gasteiger partial charge in [-0.25, -0.2) is 9.97 Å². The second-order valence-electron chi connectivity index (χ2n) is 18.5. The molecule has 4 aliphatic carbocycles. The average molecular weight is 963 g/mol. The van der Waals surface area contributed by atoms with Crippen molar-refractivity contribution in [3.63, 3.8) is 0 Å². The summed E-state index contributed by atoms with van der Waals surface area (Å²) in [6.45, 7) is 0. The molecule has 0 aliphatic heterocycles. The third-order valence-corrected chi connectivity index (χ3v) is 14.1. The molecule has 0 spiro atoms. The molecule has 8 atom stereocenters. The molecule has 6 heterocycles. The van der Waals surface area contributed by atoms with Crippen molar-refractivity contribution in [1.29, 1.82) is 0 Å². The molecule has 4 aliphatic rings. The number of carbonyl (C=O) groups excluding carboxylic acids is 2. The Labute approximate surface area is 403 Å². The van der Waals surface area contributed by atoms with Gasteiger partial charge >= 0.3 is 0 Å². The number of pyridine rings is 2. The number of nitrogens with one attached hydrogen (secondary N) is 6. The van der Waals surface area contributed by atoms with Crippen LogP contribution >= 0.6 is 0 Å². The van der Waals surface area contributed by atoms with Crippen molar-refractivity contribution in [3.05, 3.63) is 93.0 Å². The van der Waals surface area contributed by atoms with Crippen LogP contribution in [0.3, 0.4) is 0 Å². The number of amides is 2. The number of aliphatic hydroxyl groups is 2. The van der Waals surface area contributed by atoms with E-state index in [2.05, 4.69) is 52.1 Å². The van der Waals surface area contributed by atoms with E-state index in [-0.39, 0.29) is 59.3 Å². The molecule has 70 heavy (non-hydrogen) atoms. The Morgan fingerprint density at radius 1 is 0.629 bits per heavy atom. The van der Waals surface area contributed by atoms with E-state index in [1.54, 1.807) is 95.3 Å². The van der Waals surface area contributed by atoms with Gasteiger partial charge in [0.15, 0.2) is 11.3 Å². The van der Waals surface area contributed by atoms with Gasteiger partial charge in [0.25, 0.3) is 22.9 Å². The van der Waals surface area contributed by atoms with Gasteiger partial charge in [-0.3, -0.25) is 19.2 Å². The Hall–Kier alpha value is -6.88. The largest absolute Gasteiger partial charge is 0.391 e. The molecule has 6 aromatic rings. The highest BCUT2D eigenvalue weighted by Gasteiger charge is 2.31. The van der Waals surface area contributed by atoms with Gasteiger partial charge in [0.1, 0.15) is 45.8 Å². The van der Waals surface area contributed by atoms with E-state index < -0.39 is 12.2 Å². The number of anilines is 6. The summed E-state index contributed by atoms with van der Waals surface area (Å²) in [7, 11) is 6.88. The fourth-order valence-corrected chi connectivity index (χ4v) is 10.3. The first-order valence-electron chi connectivity index (χ1n) is 24.1. The van der Waals surface area contributed by atoms with Crippen LogP contribution in [0.15, 0.2) is 70.8 Å². The third-order valence-electron chi connectivity index (χ3n) is 14.1. The van der Waals surface area contributed by atoms with Crippen molar-refractivity contribution in [2.45, 2.75) is 126 Å². The predicted octanol–water partition coefficient (Wildman–Crippen LogP) is 4.12. The molecule has 0 unspecified atom stereocenters. The maximum Gasteiger partial charge on any atom is 0.274 e. The number of ether oxygens (including phenoxy) is 2. The summed E-state index contributed by atoms with van der Waals surface area (Å²) in [6.07, 6.45) is 15.5. The minimum atomic E-state index is -0.528. The minimum Gasteiger partial charge on any atom is -0.391 e. The van der Waals surface area contributed by atoms with Crippen molar-refractivity contribution >= 4 is 57.8 Å². The second kappa shape index (κ2) is 21.0. The summed E-state index contributed by atoms with van der Waals surface area (Å²) in [5.41, 5.74) is 1.68. The molecule has 10 rings (SSSR count). The lowest BCUT2D eigenvalue weighted by Gasteiger charge is -2.19. The summed E-state index contributed by atoms with van der Waals surface area (Å²) in [5.74, 6) is 1.53. The van der Waals surface area contributed by atoms with E-state index in [9.17, 15) is 29.4 Å². The Morgan fingerprint density at radius 3 is 1.41 bits per heavy atom. The van der Waals surface area contributed by atoms with Gasteiger partial charge in [-0.2, -0.15) is 19.2 Å². The molecule has 0 bridgehead atoms. The van der Waals surface area contributed by atoms with Gasteiger partial charge in [0.05, 0.1) is 48.9 Å². The first-order valence-corrected chi connectivity index (χ1v) is 24.1. The van der Waals surface area contributed by atoms with Crippen molar-refractivity contribution in [2.24, 2.45) is 0 Å². The summed E-state index contributed by atoms with van der Waals surface area (Å²) in [6, 6.07) is 9.99. The molecular formula is C48H62N14O8. The van der Waals surface area contributed by atoms with E-state index in [1.165, 1.54) is 12.4 Å². The van der Waals surface area contributed by atoms with Gasteiger partial charge in [-0.15, -0.1) is 0 Å². The molecule has 4 saturated carbocycles. The fraction of sp³-hybridized carbons (Fsp3) is 0.500. The van der Waals surface area contributed by atoms with Gasteiger partial charge in [-0.05, 0) is 101 Å². The smallest absolute Gasteiger partial charge is 0.274 e. The number of fused-ring (bicyclic) bond motifs is 2. The number of nitrogens with zero attached hydrogens (tertiary/aromatic N) is 8. The number of methoxy groups -OCH3 is 2. The molecule has 6 aromatic heterocycles. The molecule has 0 aromatic carbocycles. The SMILES string of the molecule is CNc1cc(Nc2cccn([C@H]3CCC[C@H]3O)c2=O)nc2c(C(=O)N[C@@H]3CC[C@@H](OC)C3)cnn12.CNc1cc(Nc2cccn([C@H]3CCC[C@H]3O)c2=O)nc2c(C(=O)N[C@H]3CC[C@H](OC)C3)cnn12. The second-order valence-corrected chi connectivity index (χ2v) is 18.5. The summed E-state index contributed by atoms with van der Waals surface area (Å²) >= 11 is 0. The van der Waals surface area contributed by atoms with Crippen LogP contribution in [-0.4, -0.2) is 125 Å². The Bertz CT molecular complexity index is 2770. The van der Waals surface area contributed by atoms with Crippen LogP contribution in [0.2, 0.25) is 0 Å². The van der Waals surface area contributed by atoms with E-state index in [4.69, 9.17) is 9.47 Å². The van der Waals surface area contributed by atoms with Crippen LogP contribution in [0.1, 0.15) is 110 Å². The zero-order chi connectivity index (χ0) is 49.1. The maximum absolute atomic E-state index is 13.1. The number of carbonyl (C=O) groups is 2. The number of hydrogen-bond acceptors (Lipinski definition) is 16. The van der Waals surface area contributed by atoms with Crippen LogP contribution in [0.4, 0.5) is 34.6 Å². The van der Waals surface area contributed by atoms with Crippen molar-refractivity contribution in [1.82, 2.24) is 49.0 Å². The van der Waals surface area contributed by atoms with Crippen LogP contribution in [0.25, 0.3) is 11.3 Å². The number of aliphatic hydroxyl groups excluding tert-OH is 2. The van der Waals surface area contributed by atoms with E-state index in [0.29, 0.717) is 69.9 Å². The van der Waals surface area contributed by atoms with Crippen LogP contribution in [0.5, 0.6) is 0 Å². The number of aromatic nitrogens is 8. The summed E-state index contributed by atoms with van der Waals surface area (Å²) in [4.78, 5) is 61.6. The highest BCUT2D eigenvalue weighted by molar-refractivity contribution is 6.01. The van der Waals surface area contributed by atoms with Crippen LogP contribution in [0, 0.1) is 0 Å². The molecule has 372 valence electrons. The van der Waals surface area contributed by atoms with Gasteiger partial charge in [-0.1, -0.05) is 0 Å². The Balaban J connectivity index is 0.000000174. The Morgan fingerprint density at radius 2 is 1.06 bits per heavy atom. The lowest BCUT2D eigenvalue weighted by atomic mass is 10.2. The van der Waals surface area contributed by atoms with Gasteiger partial charge < -0.3 is 60.7 Å². The first-order chi connectivity index (χ1) is 34.0. The highest BCUT2D eigenvalue weighted by atomic mass is 16.5. The zero-order valence-corrected chi connectivity index (χ0v) is 39.8. The van der Waals surface area contributed by atoms with Crippen molar-refractivity contribution in [3.8, 4) is 0 Å². The molecule has 4 fully saturated rings. The number of hydrogen-bond donors (Lipinski definition) is 8. The topological polar surface area (TPSA) is 270 Å². The standard InChI is InChI=1S/2C24H31N7O4/c2*1-25-21-12-20(28-17-5-4-10-30(24(17)34)18-6-3-7-19(18)32)29-22-16(13-26-31(21)22)23(33)27-14-8-9-15(11-14)35-2/h2*4-5,10,12-15,18-19,25,32H,3,6-9,11H2,1-2H3,(H,27,33)(H,28,29)/t14-,15-,18+,19-;14-,15-,18-,19+/m10/s1. The van der Waals surface area contributed by atoms with Gasteiger partial charge in [0, 0.05) is 64.9 Å². The van der Waals surface area contributed by atoms with Crippen molar-refractivity contribution < 1.29 is 29.3 Å². The van der Waals surface area contributed by atoms with E-state index in [1.807, 2.05) is 0 Å². The third kappa shape index (κ3) is 9.93. The molecule has 22 heteroatoms. The van der Waals surface area contributed by atoms with Crippen molar-refractivity contribution in [2.75, 3.05) is 49.6 Å². The van der Waals surface area contributed by atoms with Crippen LogP contribution in [-0.2, 0) is 9.47 Å². The highest BCUT2D eigenvalue weighted by Crippen LogP contribution is 2.31. The normalized spacial score (nSPS) is 24.1. The van der Waals surface area contributed by atoms with E-state index in [0.717, 1.165) is 64.2 Å². The predicted molar refractivity (Wildman–Crippen MR) is 263 cm³/mol. The molecular weight excluding hydrogens is 901 g/mol. The Kier molecular flexibility index (Phi) is 14.4. The summed E-state index contributed by atoms with van der Waals surface area (Å²) < 4.78 is 17.1. The molecule has 0 radical (unpaired) electrons. The van der Waals surface area contributed by atoms with Gasteiger partial charge in [0.2, 0.25) is 0 Å². The lowest BCUT2D eigenvalue weighted by molar-refractivity contribution is 0.0906. The fourth-order valence-electron chi connectivity index (χ4n) is 10.3. The monoisotopic (exact) mass is 962 g/mol. The molecule has 8 N–H and O–H groups in total. The quantitative estimate of drug-likeness (QED) is 0.0763. The molecule has 0 saturated heterocycles. The maximum atomic E-state index is 13.1. The molecule has 2 amide bonds. The van der Waals surface area contributed by atoms with Crippen LogP contribution < -0.4 is 43.0 Å².